The molecule has 7 heteroatoms. The van der Waals surface area contributed by atoms with E-state index in [4.69, 9.17) is 23.2 Å². The van der Waals surface area contributed by atoms with Gasteiger partial charge in [0.1, 0.15) is 0 Å². The summed E-state index contributed by atoms with van der Waals surface area (Å²) in [6.07, 6.45) is 0. The Morgan fingerprint density at radius 1 is 1.27 bits per heavy atom. The fourth-order valence-electron chi connectivity index (χ4n) is 2.56. The zero-order valence-electron chi connectivity index (χ0n) is 11.5. The van der Waals surface area contributed by atoms with E-state index in [0.29, 0.717) is 15.0 Å². The van der Waals surface area contributed by atoms with Gasteiger partial charge >= 0.3 is 5.97 Å². The molecule has 1 N–H and O–H groups in total. The van der Waals surface area contributed by atoms with E-state index in [9.17, 15) is 9.90 Å². The number of halogens is 2. The molecule has 0 aliphatic carbocycles. The van der Waals surface area contributed by atoms with Crippen molar-refractivity contribution >= 4 is 51.9 Å². The molecule has 1 aromatic heterocycles. The van der Waals surface area contributed by atoms with Crippen LogP contribution in [-0.4, -0.2) is 16.8 Å². The lowest BCUT2D eigenvalue weighted by Gasteiger charge is -2.26. The summed E-state index contributed by atoms with van der Waals surface area (Å²) in [6.45, 7) is 1.85. The van der Waals surface area contributed by atoms with Crippen LogP contribution in [0.2, 0.25) is 9.36 Å². The summed E-state index contributed by atoms with van der Waals surface area (Å²) in [6, 6.07) is 10.7. The van der Waals surface area contributed by atoms with Crippen LogP contribution < -0.4 is 5.01 Å². The second-order valence-corrected chi connectivity index (χ2v) is 7.12. The average Bonchev–Trinajstić information content (AvgIpc) is 3.03. The largest absolute Gasteiger partial charge is 0.477 e. The number of rotatable bonds is 3. The molecule has 22 heavy (non-hydrogen) atoms. The molecule has 0 saturated heterocycles. The standard InChI is InChI=1S/C15H12Cl2N2O2S/c1-8-13(15(20)21)18-19(10-5-3-2-4-9(10)16)14(8)11-6-7-12(17)22-11/h2-8,14H,1H3,(H,20,21)/t8-,14+/m0/s1. The molecule has 2 aromatic rings. The molecule has 0 fully saturated rings. The third-order valence-corrected chi connectivity index (χ3v) is 5.21. The quantitative estimate of drug-likeness (QED) is 0.869. The normalized spacial score (nSPS) is 21.0. The first-order valence-electron chi connectivity index (χ1n) is 6.60. The van der Waals surface area contributed by atoms with E-state index in [-0.39, 0.29) is 17.7 Å². The molecule has 2 heterocycles. The molecule has 1 aliphatic rings. The Morgan fingerprint density at radius 2 is 2.00 bits per heavy atom. The van der Waals surface area contributed by atoms with Crippen molar-refractivity contribution in [3.8, 4) is 0 Å². The van der Waals surface area contributed by atoms with Crippen LogP contribution in [0.1, 0.15) is 17.8 Å². The van der Waals surface area contributed by atoms with Crippen molar-refractivity contribution in [3.05, 3.63) is 50.6 Å². The highest BCUT2D eigenvalue weighted by atomic mass is 35.5. The van der Waals surface area contributed by atoms with Gasteiger partial charge < -0.3 is 5.11 Å². The van der Waals surface area contributed by atoms with E-state index in [0.717, 1.165) is 4.88 Å². The number of carboxylic acid groups (broad SMARTS) is 1. The number of hydrazone groups is 1. The molecule has 0 unspecified atom stereocenters. The molecule has 3 rings (SSSR count). The van der Waals surface area contributed by atoms with Crippen LogP contribution in [0.4, 0.5) is 5.69 Å². The van der Waals surface area contributed by atoms with Gasteiger partial charge in [-0.3, -0.25) is 5.01 Å². The highest BCUT2D eigenvalue weighted by Gasteiger charge is 2.40. The summed E-state index contributed by atoms with van der Waals surface area (Å²) >= 11 is 13.7. The molecule has 0 saturated carbocycles. The van der Waals surface area contributed by atoms with Crippen LogP contribution in [0.5, 0.6) is 0 Å². The first-order chi connectivity index (χ1) is 10.5. The summed E-state index contributed by atoms with van der Waals surface area (Å²) in [7, 11) is 0. The first-order valence-corrected chi connectivity index (χ1v) is 8.17. The second-order valence-electron chi connectivity index (χ2n) is 4.96. The number of hydrogen-bond acceptors (Lipinski definition) is 4. The third-order valence-electron chi connectivity index (χ3n) is 3.59. The molecule has 0 spiro atoms. The Balaban J connectivity index is 2.10. The van der Waals surface area contributed by atoms with Crippen LogP contribution in [-0.2, 0) is 4.79 Å². The van der Waals surface area contributed by atoms with Crippen LogP contribution in [0.15, 0.2) is 41.5 Å². The average molecular weight is 355 g/mol. The summed E-state index contributed by atoms with van der Waals surface area (Å²) in [5.41, 5.74) is 0.802. The molecule has 1 aliphatic heterocycles. The van der Waals surface area contributed by atoms with Crippen molar-refractivity contribution in [2.24, 2.45) is 11.0 Å². The third kappa shape index (κ3) is 2.60. The molecular weight excluding hydrogens is 343 g/mol. The van der Waals surface area contributed by atoms with Gasteiger partial charge in [-0.25, -0.2) is 4.79 Å². The Bertz CT molecular complexity index is 760. The van der Waals surface area contributed by atoms with Crippen molar-refractivity contribution in [1.82, 2.24) is 0 Å². The van der Waals surface area contributed by atoms with Crippen LogP contribution >= 0.6 is 34.5 Å². The smallest absolute Gasteiger partial charge is 0.352 e. The molecular formula is C15H12Cl2N2O2S. The minimum absolute atomic E-state index is 0.120. The van der Waals surface area contributed by atoms with E-state index in [1.807, 2.05) is 31.2 Å². The SMILES string of the molecule is C[C@H]1C(C(=O)O)=NN(c2ccccc2Cl)[C@H]1c1ccc(Cl)s1. The van der Waals surface area contributed by atoms with Crippen LogP contribution in [0.25, 0.3) is 0 Å². The summed E-state index contributed by atoms with van der Waals surface area (Å²) in [4.78, 5) is 12.4. The van der Waals surface area contributed by atoms with E-state index in [2.05, 4.69) is 5.10 Å². The zero-order valence-corrected chi connectivity index (χ0v) is 13.9. The van der Waals surface area contributed by atoms with Gasteiger partial charge in [0.25, 0.3) is 0 Å². The van der Waals surface area contributed by atoms with E-state index < -0.39 is 5.97 Å². The predicted octanol–water partition coefficient (Wildman–Crippen LogP) is 4.69. The van der Waals surface area contributed by atoms with Crippen molar-refractivity contribution in [2.45, 2.75) is 13.0 Å². The molecule has 1 aromatic carbocycles. The maximum Gasteiger partial charge on any atom is 0.352 e. The van der Waals surface area contributed by atoms with E-state index in [1.54, 1.807) is 17.1 Å². The predicted molar refractivity (Wildman–Crippen MR) is 90.2 cm³/mol. The number of hydrogen-bond donors (Lipinski definition) is 1. The second kappa shape index (κ2) is 5.91. The lowest BCUT2D eigenvalue weighted by Crippen LogP contribution is -2.25. The molecule has 0 radical (unpaired) electrons. The monoisotopic (exact) mass is 354 g/mol. The fourth-order valence-corrected chi connectivity index (χ4v) is 4.04. The van der Waals surface area contributed by atoms with Gasteiger partial charge in [0.15, 0.2) is 5.71 Å². The molecule has 0 bridgehead atoms. The summed E-state index contributed by atoms with van der Waals surface area (Å²) in [5, 5.41) is 15.9. The Morgan fingerprint density at radius 3 is 2.59 bits per heavy atom. The Hall–Kier alpha value is -1.56. The van der Waals surface area contributed by atoms with Gasteiger partial charge in [-0.15, -0.1) is 11.3 Å². The van der Waals surface area contributed by atoms with Crippen molar-refractivity contribution in [1.29, 1.82) is 0 Å². The number of thiophene rings is 1. The summed E-state index contributed by atoms with van der Waals surface area (Å²) < 4.78 is 0.657. The van der Waals surface area contributed by atoms with Gasteiger partial charge in [-0.1, -0.05) is 42.3 Å². The van der Waals surface area contributed by atoms with Gasteiger partial charge in [-0.05, 0) is 24.3 Å². The number of aliphatic carboxylic acids is 1. The van der Waals surface area contributed by atoms with Crippen molar-refractivity contribution in [2.75, 3.05) is 5.01 Å². The fraction of sp³-hybridized carbons (Fsp3) is 0.200. The van der Waals surface area contributed by atoms with Crippen molar-refractivity contribution < 1.29 is 9.90 Å². The maximum atomic E-state index is 11.4. The highest BCUT2D eigenvalue weighted by molar-refractivity contribution is 7.16. The lowest BCUT2D eigenvalue weighted by atomic mass is 9.96. The van der Waals surface area contributed by atoms with Gasteiger partial charge in [0.2, 0.25) is 0 Å². The molecule has 114 valence electrons. The number of carbonyl (C=O) groups is 1. The summed E-state index contributed by atoms with van der Waals surface area (Å²) in [5.74, 6) is -1.29. The van der Waals surface area contributed by atoms with Gasteiger partial charge in [0, 0.05) is 10.8 Å². The number of anilines is 1. The maximum absolute atomic E-state index is 11.4. The van der Waals surface area contributed by atoms with Crippen LogP contribution in [0.3, 0.4) is 0 Å². The minimum atomic E-state index is -1.02. The van der Waals surface area contributed by atoms with E-state index in [1.165, 1.54) is 11.3 Å². The topological polar surface area (TPSA) is 52.9 Å². The van der Waals surface area contributed by atoms with Gasteiger partial charge in [0.05, 0.1) is 21.1 Å². The van der Waals surface area contributed by atoms with Gasteiger partial charge in [-0.2, -0.15) is 5.10 Å². The zero-order chi connectivity index (χ0) is 15.9. The number of nitrogens with zero attached hydrogens (tertiary/aromatic N) is 2. The number of carboxylic acids is 1. The molecule has 4 nitrogen and oxygen atoms in total. The highest BCUT2D eigenvalue weighted by Crippen LogP contribution is 2.44. The van der Waals surface area contributed by atoms with E-state index >= 15 is 0 Å². The molecule has 2 atom stereocenters. The number of benzene rings is 1. The van der Waals surface area contributed by atoms with Crippen molar-refractivity contribution in [3.63, 3.8) is 0 Å². The lowest BCUT2D eigenvalue weighted by molar-refractivity contribution is -0.129. The molecule has 0 amide bonds. The van der Waals surface area contributed by atoms with Crippen LogP contribution in [0, 0.1) is 5.92 Å². The minimum Gasteiger partial charge on any atom is -0.477 e. The Kier molecular flexibility index (Phi) is 4.12. The number of para-hydroxylation sites is 1. The Labute approximate surface area is 141 Å². The first kappa shape index (κ1) is 15.3.